The van der Waals surface area contributed by atoms with Crippen molar-refractivity contribution >= 4 is 6.09 Å². The Balaban J connectivity index is 1.44. The second kappa shape index (κ2) is 8.04. The van der Waals surface area contributed by atoms with E-state index >= 15 is 0 Å². The van der Waals surface area contributed by atoms with Crippen molar-refractivity contribution in [3.05, 3.63) is 35.4 Å². The predicted octanol–water partition coefficient (Wildman–Crippen LogP) is 5.34. The molecular weight excluding hydrogens is 298 g/mol. The second-order valence-corrected chi connectivity index (χ2v) is 7.68. The highest BCUT2D eigenvalue weighted by atomic mass is 16.6. The van der Waals surface area contributed by atoms with Crippen LogP contribution < -0.4 is 5.32 Å². The summed E-state index contributed by atoms with van der Waals surface area (Å²) in [6.07, 6.45) is 12.3. The van der Waals surface area contributed by atoms with Gasteiger partial charge in [0.05, 0.1) is 5.54 Å². The van der Waals surface area contributed by atoms with Gasteiger partial charge in [-0.2, -0.15) is 0 Å². The fourth-order valence-corrected chi connectivity index (χ4v) is 4.21. The van der Waals surface area contributed by atoms with Crippen LogP contribution in [-0.4, -0.2) is 18.2 Å². The predicted molar refractivity (Wildman–Crippen MR) is 97.3 cm³/mol. The Kier molecular flexibility index (Phi) is 5.80. The average molecular weight is 329 g/mol. The van der Waals surface area contributed by atoms with Crippen LogP contribution >= 0.6 is 0 Å². The van der Waals surface area contributed by atoms with E-state index in [1.807, 2.05) is 0 Å². The van der Waals surface area contributed by atoms with Gasteiger partial charge in [-0.15, -0.1) is 0 Å². The van der Waals surface area contributed by atoms with Crippen LogP contribution in [0.4, 0.5) is 4.79 Å². The van der Waals surface area contributed by atoms with Gasteiger partial charge in [-0.1, -0.05) is 63.3 Å². The van der Waals surface area contributed by atoms with Crippen molar-refractivity contribution in [3.8, 4) is 0 Å². The Morgan fingerprint density at radius 3 is 2.58 bits per heavy atom. The molecule has 1 saturated heterocycles. The van der Waals surface area contributed by atoms with Gasteiger partial charge in [-0.25, -0.2) is 4.79 Å². The van der Waals surface area contributed by atoms with Gasteiger partial charge in [0.1, 0.15) is 6.61 Å². The number of benzene rings is 1. The molecule has 1 spiro atoms. The van der Waals surface area contributed by atoms with E-state index in [9.17, 15) is 4.79 Å². The molecule has 3 rings (SSSR count). The maximum absolute atomic E-state index is 11.3. The molecule has 1 saturated carbocycles. The van der Waals surface area contributed by atoms with Gasteiger partial charge in [-0.05, 0) is 49.1 Å². The number of amides is 1. The molecule has 24 heavy (non-hydrogen) atoms. The van der Waals surface area contributed by atoms with Gasteiger partial charge < -0.3 is 10.1 Å². The first kappa shape index (κ1) is 17.3. The number of carbonyl (C=O) groups excluding carboxylic acids is 1. The molecule has 1 amide bonds. The molecule has 3 heteroatoms. The molecule has 0 unspecified atom stereocenters. The third kappa shape index (κ3) is 4.31. The van der Waals surface area contributed by atoms with E-state index in [0.29, 0.717) is 12.5 Å². The van der Waals surface area contributed by atoms with E-state index in [1.165, 1.54) is 56.1 Å². The molecular formula is C21H31NO2. The van der Waals surface area contributed by atoms with Gasteiger partial charge in [0.2, 0.25) is 0 Å². The highest BCUT2D eigenvalue weighted by Crippen LogP contribution is 2.42. The monoisotopic (exact) mass is 329 g/mol. The maximum Gasteiger partial charge on any atom is 0.407 e. The number of carbonyl (C=O) groups is 1. The summed E-state index contributed by atoms with van der Waals surface area (Å²) in [6, 6.07) is 9.20. The number of aryl methyl sites for hydroxylation is 1. The number of alkyl carbamates (subject to hydrolysis) is 1. The van der Waals surface area contributed by atoms with Crippen molar-refractivity contribution in [1.82, 2.24) is 5.32 Å². The summed E-state index contributed by atoms with van der Waals surface area (Å²) in [7, 11) is 0. The molecule has 2 fully saturated rings. The van der Waals surface area contributed by atoms with E-state index in [2.05, 4.69) is 36.5 Å². The fraction of sp³-hybridized carbons (Fsp3) is 0.667. The average Bonchev–Trinajstić information content (AvgIpc) is 3.18. The highest BCUT2D eigenvalue weighted by Gasteiger charge is 2.45. The lowest BCUT2D eigenvalue weighted by Gasteiger charge is -2.20. The van der Waals surface area contributed by atoms with Crippen molar-refractivity contribution in [2.24, 2.45) is 0 Å². The van der Waals surface area contributed by atoms with Crippen LogP contribution in [0.1, 0.15) is 81.8 Å². The largest absolute Gasteiger partial charge is 0.447 e. The molecule has 0 bridgehead atoms. The van der Waals surface area contributed by atoms with Crippen molar-refractivity contribution in [3.63, 3.8) is 0 Å². The van der Waals surface area contributed by atoms with Gasteiger partial charge in [-0.3, -0.25) is 0 Å². The molecule has 2 atom stereocenters. The van der Waals surface area contributed by atoms with Crippen LogP contribution in [0.2, 0.25) is 0 Å². The molecule has 2 aliphatic rings. The van der Waals surface area contributed by atoms with Crippen molar-refractivity contribution in [2.45, 2.75) is 82.6 Å². The standard InChI is InChI=1S/C21H31NO2/c1-2-3-4-5-6-7-8-17-9-11-18(12-10-17)19-13-14-21(15-19)16-24-20(23)22-21/h9-12,19H,2-8,13-16H2,1H3,(H,22,23)/t19-,21+/m0/s1. The molecule has 0 aromatic heterocycles. The first-order valence-electron chi connectivity index (χ1n) is 9.74. The molecule has 1 aromatic carbocycles. The Labute approximate surface area is 146 Å². The van der Waals surface area contributed by atoms with E-state index < -0.39 is 0 Å². The second-order valence-electron chi connectivity index (χ2n) is 7.68. The summed E-state index contributed by atoms with van der Waals surface area (Å²) in [4.78, 5) is 11.3. The first-order valence-corrected chi connectivity index (χ1v) is 9.74. The van der Waals surface area contributed by atoms with Crippen LogP contribution in [-0.2, 0) is 11.2 Å². The van der Waals surface area contributed by atoms with E-state index in [1.54, 1.807) is 0 Å². The lowest BCUT2D eigenvalue weighted by Crippen LogP contribution is -2.40. The molecule has 0 radical (unpaired) electrons. The smallest absolute Gasteiger partial charge is 0.407 e. The lowest BCUT2D eigenvalue weighted by molar-refractivity contribution is 0.172. The zero-order valence-electron chi connectivity index (χ0n) is 15.0. The summed E-state index contributed by atoms with van der Waals surface area (Å²) >= 11 is 0. The van der Waals surface area contributed by atoms with Crippen molar-refractivity contribution in [2.75, 3.05) is 6.61 Å². The molecule has 132 valence electrons. The minimum absolute atomic E-state index is 0.0983. The summed E-state index contributed by atoms with van der Waals surface area (Å²) in [6.45, 7) is 2.81. The van der Waals surface area contributed by atoms with E-state index in [-0.39, 0.29) is 11.6 Å². The van der Waals surface area contributed by atoms with Gasteiger partial charge in [0.25, 0.3) is 0 Å². The normalized spacial score (nSPS) is 25.9. The molecule has 1 aliphatic heterocycles. The minimum Gasteiger partial charge on any atom is -0.447 e. The summed E-state index contributed by atoms with van der Waals surface area (Å²) in [5.74, 6) is 0.551. The van der Waals surface area contributed by atoms with Gasteiger partial charge in [0, 0.05) is 0 Å². The number of hydrogen-bond acceptors (Lipinski definition) is 2. The molecule has 3 nitrogen and oxygen atoms in total. The van der Waals surface area contributed by atoms with Crippen LogP contribution in [0.3, 0.4) is 0 Å². The molecule has 1 heterocycles. The fourth-order valence-electron chi connectivity index (χ4n) is 4.21. The van der Waals surface area contributed by atoms with Gasteiger partial charge in [0.15, 0.2) is 0 Å². The third-order valence-corrected chi connectivity index (χ3v) is 5.73. The minimum atomic E-state index is -0.245. The number of unbranched alkanes of at least 4 members (excludes halogenated alkanes) is 5. The van der Waals surface area contributed by atoms with Crippen molar-refractivity contribution < 1.29 is 9.53 Å². The zero-order valence-corrected chi connectivity index (χ0v) is 15.0. The lowest BCUT2D eigenvalue weighted by atomic mass is 9.92. The first-order chi connectivity index (χ1) is 11.7. The molecule has 1 aliphatic carbocycles. The topological polar surface area (TPSA) is 38.3 Å². The number of nitrogens with one attached hydrogen (secondary N) is 1. The zero-order chi connectivity index (χ0) is 16.8. The van der Waals surface area contributed by atoms with E-state index in [0.717, 1.165) is 19.3 Å². The van der Waals surface area contributed by atoms with Crippen LogP contribution in [0.25, 0.3) is 0 Å². The Bertz CT molecular complexity index is 539. The van der Waals surface area contributed by atoms with E-state index in [4.69, 9.17) is 4.74 Å². The van der Waals surface area contributed by atoms with Crippen LogP contribution in [0.5, 0.6) is 0 Å². The maximum atomic E-state index is 11.3. The number of rotatable bonds is 8. The van der Waals surface area contributed by atoms with Crippen LogP contribution in [0.15, 0.2) is 24.3 Å². The summed E-state index contributed by atoms with van der Waals surface area (Å²) in [5, 5.41) is 3.03. The quantitative estimate of drug-likeness (QED) is 0.654. The summed E-state index contributed by atoms with van der Waals surface area (Å²) < 4.78 is 5.12. The highest BCUT2D eigenvalue weighted by molar-refractivity contribution is 5.70. The number of hydrogen-bond donors (Lipinski definition) is 1. The Morgan fingerprint density at radius 1 is 1.12 bits per heavy atom. The Morgan fingerprint density at radius 2 is 1.88 bits per heavy atom. The summed E-state index contributed by atoms with van der Waals surface area (Å²) in [5.41, 5.74) is 2.78. The SMILES string of the molecule is CCCCCCCCc1ccc([C@H]2CC[C@]3(COC(=O)N3)C2)cc1. The third-order valence-electron chi connectivity index (χ3n) is 5.73. The number of cyclic esters (lactones) is 1. The molecule has 1 N–H and O–H groups in total. The number of ether oxygens (including phenoxy) is 1. The van der Waals surface area contributed by atoms with Crippen molar-refractivity contribution in [1.29, 1.82) is 0 Å². The van der Waals surface area contributed by atoms with Crippen LogP contribution in [0, 0.1) is 0 Å². The van der Waals surface area contributed by atoms with Gasteiger partial charge >= 0.3 is 6.09 Å². The Hall–Kier alpha value is -1.51. The molecule has 1 aromatic rings.